The molecule has 0 aliphatic rings. The van der Waals surface area contributed by atoms with Crippen LogP contribution in [0.2, 0.25) is 0 Å². The smallest absolute Gasteiger partial charge is 0.283 e. The van der Waals surface area contributed by atoms with E-state index in [0.717, 1.165) is 13.1 Å². The van der Waals surface area contributed by atoms with Crippen LogP contribution in [0.5, 0.6) is 0 Å². The number of nitrogens with zero attached hydrogens (tertiary/aromatic N) is 2. The number of hydrogen-bond acceptors (Lipinski definition) is 4. The van der Waals surface area contributed by atoms with Crippen molar-refractivity contribution in [1.29, 1.82) is 0 Å². The second kappa shape index (κ2) is 7.33. The zero-order valence-corrected chi connectivity index (χ0v) is 12.3. The molecular formula is C12H19BrN4O. The van der Waals surface area contributed by atoms with E-state index >= 15 is 0 Å². The number of halogens is 1. The van der Waals surface area contributed by atoms with Gasteiger partial charge in [-0.3, -0.25) is 4.79 Å². The molecule has 1 heterocycles. The van der Waals surface area contributed by atoms with Gasteiger partial charge in [0, 0.05) is 19.1 Å². The summed E-state index contributed by atoms with van der Waals surface area (Å²) in [5.41, 5.74) is 0.558. The van der Waals surface area contributed by atoms with Crippen molar-refractivity contribution in [3.05, 3.63) is 33.7 Å². The second-order valence-electron chi connectivity index (χ2n) is 4.18. The van der Waals surface area contributed by atoms with Crippen molar-refractivity contribution < 1.29 is 0 Å². The molecule has 0 fully saturated rings. The Kier molecular flexibility index (Phi) is 6.07. The van der Waals surface area contributed by atoms with Gasteiger partial charge in [0.1, 0.15) is 4.47 Å². The molecule has 1 aromatic heterocycles. The van der Waals surface area contributed by atoms with Crippen molar-refractivity contribution in [2.24, 2.45) is 0 Å². The largest absolute Gasteiger partial charge is 0.381 e. The lowest BCUT2D eigenvalue weighted by Gasteiger charge is -2.11. The summed E-state index contributed by atoms with van der Waals surface area (Å²) in [5, 5.41) is 10.5. The third-order valence-corrected chi connectivity index (χ3v) is 3.05. The lowest BCUT2D eigenvalue weighted by atomic mass is 10.4. The average molecular weight is 315 g/mol. The van der Waals surface area contributed by atoms with E-state index in [9.17, 15) is 4.79 Å². The zero-order chi connectivity index (χ0) is 13.5. The zero-order valence-electron chi connectivity index (χ0n) is 10.7. The van der Waals surface area contributed by atoms with Gasteiger partial charge < -0.3 is 10.6 Å². The third-order valence-electron chi connectivity index (χ3n) is 2.28. The summed E-state index contributed by atoms with van der Waals surface area (Å²) >= 11 is 3.29. The highest BCUT2D eigenvalue weighted by Crippen LogP contribution is 2.15. The molecule has 1 rings (SSSR count). The monoisotopic (exact) mass is 314 g/mol. The van der Waals surface area contributed by atoms with Gasteiger partial charge in [0.2, 0.25) is 0 Å². The van der Waals surface area contributed by atoms with Gasteiger partial charge in [-0.15, -0.1) is 6.58 Å². The van der Waals surface area contributed by atoms with Crippen LogP contribution in [-0.2, 0) is 6.54 Å². The SMILES string of the molecule is C=CCn1ncc(NCCNC(C)C)c(Br)c1=O. The molecule has 0 aliphatic heterocycles. The van der Waals surface area contributed by atoms with E-state index in [-0.39, 0.29) is 5.56 Å². The van der Waals surface area contributed by atoms with Gasteiger partial charge >= 0.3 is 0 Å². The van der Waals surface area contributed by atoms with Crippen molar-refractivity contribution in [3.63, 3.8) is 0 Å². The maximum atomic E-state index is 11.9. The molecular weight excluding hydrogens is 296 g/mol. The van der Waals surface area contributed by atoms with Crippen LogP contribution >= 0.6 is 15.9 Å². The van der Waals surface area contributed by atoms with Crippen molar-refractivity contribution in [1.82, 2.24) is 15.1 Å². The van der Waals surface area contributed by atoms with Gasteiger partial charge in [-0.05, 0) is 15.9 Å². The van der Waals surface area contributed by atoms with E-state index in [0.29, 0.717) is 22.7 Å². The molecule has 0 atom stereocenters. The van der Waals surface area contributed by atoms with E-state index in [2.05, 4.69) is 52.1 Å². The molecule has 0 amide bonds. The second-order valence-corrected chi connectivity index (χ2v) is 4.98. The molecule has 0 unspecified atom stereocenters. The van der Waals surface area contributed by atoms with E-state index < -0.39 is 0 Å². The number of aromatic nitrogens is 2. The standard InChI is InChI=1S/C12H19BrN4O/c1-4-7-17-12(18)11(13)10(8-16-17)15-6-5-14-9(2)3/h4,8-9,14-15H,1,5-7H2,2-3H3. The van der Waals surface area contributed by atoms with Crippen LogP contribution in [0.25, 0.3) is 0 Å². The molecule has 0 radical (unpaired) electrons. The van der Waals surface area contributed by atoms with E-state index in [1.54, 1.807) is 12.3 Å². The molecule has 6 heteroatoms. The van der Waals surface area contributed by atoms with Crippen molar-refractivity contribution >= 4 is 21.6 Å². The minimum Gasteiger partial charge on any atom is -0.381 e. The van der Waals surface area contributed by atoms with Crippen LogP contribution in [0, 0.1) is 0 Å². The fraction of sp³-hybridized carbons (Fsp3) is 0.500. The lowest BCUT2D eigenvalue weighted by molar-refractivity contribution is 0.601. The molecule has 0 bridgehead atoms. The normalized spacial score (nSPS) is 10.7. The number of nitrogens with one attached hydrogen (secondary N) is 2. The van der Waals surface area contributed by atoms with E-state index in [4.69, 9.17) is 0 Å². The first kappa shape index (κ1) is 14.9. The molecule has 100 valence electrons. The Morgan fingerprint density at radius 2 is 2.28 bits per heavy atom. The molecule has 1 aromatic rings. The molecule has 5 nitrogen and oxygen atoms in total. The summed E-state index contributed by atoms with van der Waals surface area (Å²) in [4.78, 5) is 11.9. The Morgan fingerprint density at radius 3 is 2.89 bits per heavy atom. The maximum absolute atomic E-state index is 11.9. The summed E-state index contributed by atoms with van der Waals surface area (Å²) in [6, 6.07) is 0.453. The number of allylic oxidation sites excluding steroid dienone is 1. The third kappa shape index (κ3) is 4.27. The Bertz CT molecular complexity index is 456. The first-order chi connectivity index (χ1) is 8.56. The number of rotatable bonds is 7. The van der Waals surface area contributed by atoms with Crippen LogP contribution in [0.1, 0.15) is 13.8 Å². The van der Waals surface area contributed by atoms with Gasteiger partial charge in [0.25, 0.3) is 5.56 Å². The van der Waals surface area contributed by atoms with Crippen LogP contribution in [0.3, 0.4) is 0 Å². The van der Waals surface area contributed by atoms with Crippen LogP contribution < -0.4 is 16.2 Å². The fourth-order valence-corrected chi connectivity index (χ4v) is 1.85. The van der Waals surface area contributed by atoms with Crippen molar-refractivity contribution in [3.8, 4) is 0 Å². The van der Waals surface area contributed by atoms with E-state index in [1.165, 1.54) is 4.68 Å². The fourth-order valence-electron chi connectivity index (χ4n) is 1.40. The van der Waals surface area contributed by atoms with Crippen LogP contribution in [0.4, 0.5) is 5.69 Å². The maximum Gasteiger partial charge on any atom is 0.283 e. The Balaban J connectivity index is 2.65. The first-order valence-corrected chi connectivity index (χ1v) is 6.69. The van der Waals surface area contributed by atoms with E-state index in [1.807, 2.05) is 0 Å². The molecule has 0 aromatic carbocycles. The highest BCUT2D eigenvalue weighted by molar-refractivity contribution is 9.10. The molecule has 0 saturated carbocycles. The summed E-state index contributed by atoms with van der Waals surface area (Å²) in [5.74, 6) is 0. The summed E-state index contributed by atoms with van der Waals surface area (Å²) in [6.07, 6.45) is 3.28. The van der Waals surface area contributed by atoms with Gasteiger partial charge in [0.05, 0.1) is 18.4 Å². The van der Waals surface area contributed by atoms with Gasteiger partial charge in [-0.2, -0.15) is 5.10 Å². The molecule has 18 heavy (non-hydrogen) atoms. The van der Waals surface area contributed by atoms with Gasteiger partial charge in [0.15, 0.2) is 0 Å². The van der Waals surface area contributed by atoms with Gasteiger partial charge in [-0.1, -0.05) is 19.9 Å². The summed E-state index contributed by atoms with van der Waals surface area (Å²) in [7, 11) is 0. The average Bonchev–Trinajstić information content (AvgIpc) is 2.33. The van der Waals surface area contributed by atoms with Crippen LogP contribution in [-0.4, -0.2) is 28.9 Å². The van der Waals surface area contributed by atoms with Gasteiger partial charge in [-0.25, -0.2) is 4.68 Å². The minimum atomic E-state index is -0.156. The Morgan fingerprint density at radius 1 is 1.56 bits per heavy atom. The predicted molar refractivity (Wildman–Crippen MR) is 78.0 cm³/mol. The first-order valence-electron chi connectivity index (χ1n) is 5.90. The quantitative estimate of drug-likeness (QED) is 0.593. The van der Waals surface area contributed by atoms with Crippen molar-refractivity contribution in [2.45, 2.75) is 26.4 Å². The molecule has 0 spiro atoms. The summed E-state index contributed by atoms with van der Waals surface area (Å²) in [6.45, 7) is 9.75. The lowest BCUT2D eigenvalue weighted by Crippen LogP contribution is -2.29. The van der Waals surface area contributed by atoms with Crippen LogP contribution in [0.15, 0.2) is 28.1 Å². The topological polar surface area (TPSA) is 59.0 Å². The summed E-state index contributed by atoms with van der Waals surface area (Å²) < 4.78 is 1.86. The van der Waals surface area contributed by atoms with Crippen molar-refractivity contribution in [2.75, 3.05) is 18.4 Å². The minimum absolute atomic E-state index is 0.156. The Labute approximate surface area is 115 Å². The molecule has 2 N–H and O–H groups in total. The molecule has 0 aliphatic carbocycles. The number of anilines is 1. The highest BCUT2D eigenvalue weighted by atomic mass is 79.9. The highest BCUT2D eigenvalue weighted by Gasteiger charge is 2.07. The Hall–Kier alpha value is -1.14. The molecule has 0 saturated heterocycles. The number of hydrogen-bond donors (Lipinski definition) is 2. The predicted octanol–water partition coefficient (Wildman–Crippen LogP) is 1.60.